The third kappa shape index (κ3) is 9.51. The van der Waals surface area contributed by atoms with Crippen molar-refractivity contribution < 1.29 is 23.9 Å². The van der Waals surface area contributed by atoms with Gasteiger partial charge in [0.05, 0.1) is 0 Å². The maximum absolute atomic E-state index is 14.6. The SMILES string of the molecule is C/C=C(C)/C=C/C=C(/C)CC[C@@H]1OC(C)(C)O[C@H]1CCC(=O)C1([Se]c2ccccc2)C[C@H](CC(C)C)N(C(=O)c2ccccc2)C1=O. The summed E-state index contributed by atoms with van der Waals surface area (Å²) in [5.41, 5.74) is 2.92. The van der Waals surface area contributed by atoms with Gasteiger partial charge in [-0.1, -0.05) is 11.6 Å². The Morgan fingerprint density at radius 2 is 1.55 bits per heavy atom. The molecule has 2 aliphatic heterocycles. The number of ether oxygens (including phenoxy) is 2. The molecule has 0 radical (unpaired) electrons. The standard InChI is InChI=1S/C40H51NO5Se/c1-8-29(4)16-15-17-30(5)22-23-34-35(46-39(6,7)45-34)24-25-36(42)40(47-33-20-13-10-14-21-33)27-32(26-28(2)3)41(38(40)44)37(43)31-18-11-9-12-19-31/h8-21,28,32,34-35H,22-27H2,1-7H3/b16-15+,29-8+,30-17-/t32-,34-,35-,40?/m0/s1. The fourth-order valence-electron chi connectivity index (χ4n) is 6.43. The van der Waals surface area contributed by atoms with E-state index in [-0.39, 0.29) is 48.2 Å². The van der Waals surface area contributed by atoms with Crippen LogP contribution in [0.4, 0.5) is 0 Å². The number of allylic oxidation sites excluding steroid dienone is 6. The molecule has 1 unspecified atom stereocenters. The van der Waals surface area contributed by atoms with Crippen molar-refractivity contribution in [3.63, 3.8) is 0 Å². The minimum absolute atomic E-state index is 0.101. The van der Waals surface area contributed by atoms with E-state index in [0.717, 1.165) is 17.3 Å². The molecule has 2 amide bonds. The second kappa shape index (κ2) is 16.3. The number of rotatable bonds is 14. The van der Waals surface area contributed by atoms with Crippen LogP contribution in [-0.2, 0) is 19.1 Å². The Morgan fingerprint density at radius 1 is 0.957 bits per heavy atom. The first kappa shape index (κ1) is 36.7. The average Bonchev–Trinajstić information content (AvgIpc) is 3.49. The van der Waals surface area contributed by atoms with E-state index in [2.05, 4.69) is 52.0 Å². The van der Waals surface area contributed by atoms with Crippen LogP contribution in [0.3, 0.4) is 0 Å². The number of benzene rings is 2. The van der Waals surface area contributed by atoms with Gasteiger partial charge in [-0.3, -0.25) is 0 Å². The van der Waals surface area contributed by atoms with Crippen LogP contribution < -0.4 is 4.46 Å². The number of carbonyl (C=O) groups is 3. The predicted octanol–water partition coefficient (Wildman–Crippen LogP) is 7.78. The molecule has 2 fully saturated rings. The van der Waals surface area contributed by atoms with Gasteiger partial charge in [-0.2, -0.15) is 0 Å². The second-order valence-electron chi connectivity index (χ2n) is 13.7. The van der Waals surface area contributed by atoms with Gasteiger partial charge in [0, 0.05) is 0 Å². The summed E-state index contributed by atoms with van der Waals surface area (Å²) in [6.45, 7) is 14.2. The molecule has 0 aromatic heterocycles. The molecule has 7 heteroatoms. The molecular formula is C40H51NO5Se. The molecule has 2 heterocycles. The third-order valence-electron chi connectivity index (χ3n) is 8.88. The van der Waals surface area contributed by atoms with Crippen molar-refractivity contribution in [2.75, 3.05) is 0 Å². The zero-order valence-corrected chi connectivity index (χ0v) is 30.7. The molecule has 0 spiro atoms. The summed E-state index contributed by atoms with van der Waals surface area (Å²) >= 11 is -0.504. The van der Waals surface area contributed by atoms with Crippen molar-refractivity contribution >= 4 is 37.0 Å². The minimum atomic E-state index is -1.26. The Kier molecular flexibility index (Phi) is 12.8. The summed E-state index contributed by atoms with van der Waals surface area (Å²) < 4.78 is 12.4. The molecular weight excluding hydrogens is 653 g/mol. The number of ketones is 1. The third-order valence-corrected chi connectivity index (χ3v) is 11.9. The van der Waals surface area contributed by atoms with Crippen LogP contribution in [0.25, 0.3) is 0 Å². The Hall–Kier alpha value is -3.09. The number of imide groups is 1. The zero-order chi connectivity index (χ0) is 34.2. The molecule has 4 atom stereocenters. The van der Waals surface area contributed by atoms with Crippen molar-refractivity contribution in [2.45, 2.75) is 115 Å². The summed E-state index contributed by atoms with van der Waals surface area (Å²) in [4.78, 5) is 44.4. The average molecular weight is 705 g/mol. The number of nitrogens with zero attached hydrogens (tertiary/aromatic N) is 1. The number of hydrogen-bond acceptors (Lipinski definition) is 5. The Morgan fingerprint density at radius 3 is 2.15 bits per heavy atom. The predicted molar refractivity (Wildman–Crippen MR) is 190 cm³/mol. The molecule has 0 aliphatic carbocycles. The van der Waals surface area contributed by atoms with E-state index in [9.17, 15) is 14.4 Å². The normalized spacial score (nSPS) is 24.9. The Bertz CT molecular complexity index is 1480. The molecule has 2 aromatic carbocycles. The van der Waals surface area contributed by atoms with Crippen molar-refractivity contribution in [1.82, 2.24) is 4.90 Å². The van der Waals surface area contributed by atoms with Crippen LogP contribution in [-0.4, -0.2) is 61.5 Å². The van der Waals surface area contributed by atoms with Crippen LogP contribution in [0.5, 0.6) is 0 Å². The van der Waals surface area contributed by atoms with Crippen molar-refractivity contribution in [2.24, 2.45) is 5.92 Å². The van der Waals surface area contributed by atoms with Crippen LogP contribution in [0.15, 0.2) is 96.1 Å². The van der Waals surface area contributed by atoms with Gasteiger partial charge in [0.1, 0.15) is 0 Å². The van der Waals surface area contributed by atoms with E-state index in [0.29, 0.717) is 24.8 Å². The van der Waals surface area contributed by atoms with E-state index in [1.807, 2.05) is 57.2 Å². The number of Topliss-reactive ketones (excluding diaryl/α,β-unsaturated/α-hetero) is 1. The molecule has 0 saturated carbocycles. The fraction of sp³-hybridized carbons (Fsp3) is 0.475. The molecule has 0 bridgehead atoms. The van der Waals surface area contributed by atoms with Crippen LogP contribution in [0.2, 0.25) is 4.31 Å². The maximum atomic E-state index is 14.6. The van der Waals surface area contributed by atoms with E-state index in [1.54, 1.807) is 24.3 Å². The molecule has 6 nitrogen and oxygen atoms in total. The topological polar surface area (TPSA) is 72.9 Å². The summed E-state index contributed by atoms with van der Waals surface area (Å²) in [7, 11) is 0. The van der Waals surface area contributed by atoms with Gasteiger partial charge in [0.15, 0.2) is 0 Å². The summed E-state index contributed by atoms with van der Waals surface area (Å²) in [6.07, 6.45) is 11.2. The van der Waals surface area contributed by atoms with Crippen molar-refractivity contribution in [1.29, 1.82) is 0 Å². The van der Waals surface area contributed by atoms with Gasteiger partial charge in [-0.05, 0) is 13.8 Å². The quantitative estimate of drug-likeness (QED) is 0.0870. The molecule has 2 saturated heterocycles. The van der Waals surface area contributed by atoms with Crippen molar-refractivity contribution in [3.8, 4) is 0 Å². The molecule has 252 valence electrons. The van der Waals surface area contributed by atoms with Gasteiger partial charge >= 0.3 is 263 Å². The van der Waals surface area contributed by atoms with E-state index >= 15 is 0 Å². The molecule has 47 heavy (non-hydrogen) atoms. The molecule has 4 rings (SSSR count). The number of carbonyl (C=O) groups excluding carboxylic acids is 3. The Labute approximate surface area is 287 Å². The summed E-state index contributed by atoms with van der Waals surface area (Å²) in [5.74, 6) is -1.28. The fourth-order valence-corrected chi connectivity index (χ4v) is 9.31. The molecule has 0 N–H and O–H groups in total. The zero-order valence-electron chi connectivity index (χ0n) is 29.0. The summed E-state index contributed by atoms with van der Waals surface area (Å²) in [6, 6.07) is 18.4. The molecule has 2 aliphatic rings. The van der Waals surface area contributed by atoms with Gasteiger partial charge in [0.2, 0.25) is 0 Å². The van der Waals surface area contributed by atoms with Crippen molar-refractivity contribution in [3.05, 3.63) is 102 Å². The Balaban J connectivity index is 1.57. The van der Waals surface area contributed by atoms with Gasteiger partial charge in [0.25, 0.3) is 0 Å². The second-order valence-corrected chi connectivity index (χ2v) is 16.6. The first-order valence-electron chi connectivity index (χ1n) is 16.9. The van der Waals surface area contributed by atoms with E-state index in [4.69, 9.17) is 9.47 Å². The first-order chi connectivity index (χ1) is 22.3. The van der Waals surface area contributed by atoms with E-state index in [1.165, 1.54) is 16.0 Å². The number of hydrogen-bond donors (Lipinski definition) is 0. The van der Waals surface area contributed by atoms with E-state index < -0.39 is 25.1 Å². The van der Waals surface area contributed by atoms with Crippen LogP contribution in [0, 0.1) is 5.92 Å². The number of likely N-dealkylation sites (tertiary alicyclic amines) is 1. The van der Waals surface area contributed by atoms with Crippen LogP contribution in [0.1, 0.15) is 97.3 Å². The van der Waals surface area contributed by atoms with Gasteiger partial charge in [-0.15, -0.1) is 0 Å². The first-order valence-corrected chi connectivity index (χ1v) is 18.6. The molecule has 2 aromatic rings. The van der Waals surface area contributed by atoms with Gasteiger partial charge in [-0.25, -0.2) is 0 Å². The van der Waals surface area contributed by atoms with Crippen LogP contribution >= 0.6 is 0 Å². The number of amides is 2. The monoisotopic (exact) mass is 705 g/mol. The summed E-state index contributed by atoms with van der Waals surface area (Å²) in [5, 5.41) is 0. The van der Waals surface area contributed by atoms with Gasteiger partial charge < -0.3 is 0 Å².